The summed E-state index contributed by atoms with van der Waals surface area (Å²) < 4.78 is 10.6. The number of hydrogen-bond acceptors (Lipinski definition) is 5. The van der Waals surface area contributed by atoms with Crippen molar-refractivity contribution < 1.29 is 14.3 Å². The average molecular weight is 356 g/mol. The van der Waals surface area contributed by atoms with Gasteiger partial charge in [-0.2, -0.15) is 0 Å². The highest BCUT2D eigenvalue weighted by molar-refractivity contribution is 5.97. The van der Waals surface area contributed by atoms with Crippen LogP contribution < -0.4 is 4.74 Å². The summed E-state index contributed by atoms with van der Waals surface area (Å²) in [5.74, 6) is 0.588. The zero-order valence-electron chi connectivity index (χ0n) is 14.6. The predicted octanol–water partition coefficient (Wildman–Crippen LogP) is 4.88. The molecule has 0 spiro atoms. The molecule has 0 N–H and O–H groups in total. The highest BCUT2D eigenvalue weighted by atomic mass is 16.5. The normalized spacial score (nSPS) is 10.6. The van der Waals surface area contributed by atoms with Gasteiger partial charge in [-0.05, 0) is 30.3 Å². The van der Waals surface area contributed by atoms with Crippen molar-refractivity contribution in [2.45, 2.75) is 0 Å². The van der Waals surface area contributed by atoms with E-state index in [4.69, 9.17) is 9.47 Å². The minimum atomic E-state index is -0.390. The van der Waals surface area contributed by atoms with Gasteiger partial charge in [0.1, 0.15) is 11.4 Å². The van der Waals surface area contributed by atoms with Crippen molar-refractivity contribution in [3.63, 3.8) is 0 Å². The van der Waals surface area contributed by atoms with Crippen molar-refractivity contribution in [3.05, 3.63) is 84.4 Å². The maximum atomic E-state index is 11.5. The molecule has 0 saturated carbocycles. The second-order valence-electron chi connectivity index (χ2n) is 5.88. The monoisotopic (exact) mass is 356 g/mol. The van der Waals surface area contributed by atoms with Crippen LogP contribution in [0.15, 0.2) is 78.9 Å². The summed E-state index contributed by atoms with van der Waals surface area (Å²) in [6.07, 6.45) is 0. The summed E-state index contributed by atoms with van der Waals surface area (Å²) in [5, 5.41) is 10.5. The Morgan fingerprint density at radius 1 is 0.778 bits per heavy atom. The van der Waals surface area contributed by atoms with E-state index in [0.717, 1.165) is 22.0 Å². The molecule has 0 aliphatic carbocycles. The van der Waals surface area contributed by atoms with Crippen molar-refractivity contribution in [2.24, 2.45) is 0 Å². The Bertz CT molecular complexity index is 1090. The van der Waals surface area contributed by atoms with Gasteiger partial charge in [-0.15, -0.1) is 10.2 Å². The highest BCUT2D eigenvalue weighted by Gasteiger charge is 2.12. The Balaban J connectivity index is 1.72. The number of methoxy groups -OCH3 is 1. The Kier molecular flexibility index (Phi) is 4.49. The zero-order valence-corrected chi connectivity index (χ0v) is 14.6. The number of rotatable bonds is 4. The molecule has 0 bridgehead atoms. The molecule has 0 fully saturated rings. The first-order chi connectivity index (χ1) is 13.3. The summed E-state index contributed by atoms with van der Waals surface area (Å²) in [6, 6.07) is 24.5. The molecule has 4 aromatic rings. The first kappa shape index (κ1) is 16.7. The number of esters is 1. The maximum Gasteiger partial charge on any atom is 0.337 e. The van der Waals surface area contributed by atoms with E-state index < -0.39 is 0 Å². The van der Waals surface area contributed by atoms with Gasteiger partial charge in [0.25, 0.3) is 0 Å². The van der Waals surface area contributed by atoms with Gasteiger partial charge >= 0.3 is 5.97 Å². The lowest BCUT2D eigenvalue weighted by Crippen LogP contribution is -2.00. The number of nitrogens with zero attached hydrogens (tertiary/aromatic N) is 2. The van der Waals surface area contributed by atoms with E-state index in [-0.39, 0.29) is 5.97 Å². The average Bonchev–Trinajstić information content (AvgIpc) is 2.74. The first-order valence-electron chi connectivity index (χ1n) is 8.43. The third-order valence-corrected chi connectivity index (χ3v) is 4.19. The minimum Gasteiger partial charge on any atom is -0.465 e. The molecule has 1 heterocycles. The van der Waals surface area contributed by atoms with Crippen molar-refractivity contribution in [3.8, 4) is 22.9 Å². The molecule has 1 aromatic heterocycles. The van der Waals surface area contributed by atoms with Crippen LogP contribution in [0, 0.1) is 0 Å². The van der Waals surface area contributed by atoms with Crippen LogP contribution >= 0.6 is 0 Å². The fourth-order valence-electron chi connectivity index (χ4n) is 2.85. The van der Waals surface area contributed by atoms with E-state index in [2.05, 4.69) is 10.2 Å². The third kappa shape index (κ3) is 3.35. The second-order valence-corrected chi connectivity index (χ2v) is 5.88. The number of carbonyl (C=O) groups is 1. The molecule has 0 radical (unpaired) electrons. The second kappa shape index (κ2) is 7.25. The van der Waals surface area contributed by atoms with E-state index in [0.29, 0.717) is 17.2 Å². The molecular formula is C22H16N2O3. The quantitative estimate of drug-likeness (QED) is 0.488. The molecular weight excluding hydrogens is 340 g/mol. The summed E-state index contributed by atoms with van der Waals surface area (Å²) in [5.41, 5.74) is 2.26. The number of fused-ring (bicyclic) bond motifs is 1. The van der Waals surface area contributed by atoms with Gasteiger partial charge < -0.3 is 9.47 Å². The number of carbonyl (C=O) groups excluding carboxylic acids is 1. The summed E-state index contributed by atoms with van der Waals surface area (Å²) in [6.45, 7) is 0. The maximum absolute atomic E-state index is 11.5. The van der Waals surface area contributed by atoms with Gasteiger partial charge in [0, 0.05) is 16.3 Å². The Hall–Kier alpha value is -3.73. The number of aromatic nitrogens is 2. The zero-order chi connectivity index (χ0) is 18.6. The van der Waals surface area contributed by atoms with Crippen molar-refractivity contribution >= 4 is 16.7 Å². The topological polar surface area (TPSA) is 61.3 Å². The summed E-state index contributed by atoms with van der Waals surface area (Å²) in [7, 11) is 1.35. The number of ether oxygens (including phenoxy) is 2. The van der Waals surface area contributed by atoms with E-state index in [9.17, 15) is 4.79 Å². The van der Waals surface area contributed by atoms with Gasteiger partial charge in [0.15, 0.2) is 0 Å². The van der Waals surface area contributed by atoms with Crippen LogP contribution in [-0.4, -0.2) is 23.3 Å². The fourth-order valence-corrected chi connectivity index (χ4v) is 2.85. The lowest BCUT2D eigenvalue weighted by Gasteiger charge is -2.10. The molecule has 5 nitrogen and oxygen atoms in total. The first-order valence-corrected chi connectivity index (χ1v) is 8.43. The molecule has 0 amide bonds. The van der Waals surface area contributed by atoms with Crippen molar-refractivity contribution in [1.29, 1.82) is 0 Å². The van der Waals surface area contributed by atoms with Crippen LogP contribution in [-0.2, 0) is 4.74 Å². The van der Waals surface area contributed by atoms with E-state index in [1.165, 1.54) is 7.11 Å². The Labute approximate surface area is 156 Å². The highest BCUT2D eigenvalue weighted by Crippen LogP contribution is 2.32. The molecule has 5 heteroatoms. The van der Waals surface area contributed by atoms with Gasteiger partial charge in [-0.1, -0.05) is 48.5 Å². The van der Waals surface area contributed by atoms with Gasteiger partial charge in [-0.25, -0.2) is 4.79 Å². The molecule has 0 aliphatic rings. The molecule has 27 heavy (non-hydrogen) atoms. The predicted molar refractivity (Wildman–Crippen MR) is 103 cm³/mol. The molecule has 0 atom stereocenters. The van der Waals surface area contributed by atoms with Crippen molar-refractivity contribution in [1.82, 2.24) is 10.2 Å². The van der Waals surface area contributed by atoms with E-state index >= 15 is 0 Å². The van der Waals surface area contributed by atoms with Crippen LogP contribution in [0.5, 0.6) is 11.6 Å². The summed E-state index contributed by atoms with van der Waals surface area (Å²) >= 11 is 0. The third-order valence-electron chi connectivity index (χ3n) is 4.19. The standard InChI is InChI=1S/C22H16N2O3/c1-26-22(25)16-11-13-17(14-12-16)27-21-19-10-6-5-9-18(19)20(23-24-21)15-7-3-2-4-8-15/h2-14H,1H3. The Morgan fingerprint density at radius 2 is 1.44 bits per heavy atom. The van der Waals surface area contributed by atoms with Crippen LogP contribution in [0.25, 0.3) is 22.0 Å². The molecule has 3 aromatic carbocycles. The fraction of sp³-hybridized carbons (Fsp3) is 0.0455. The molecule has 4 rings (SSSR count). The summed E-state index contributed by atoms with van der Waals surface area (Å²) in [4.78, 5) is 11.5. The van der Waals surface area contributed by atoms with E-state index in [1.807, 2.05) is 54.6 Å². The lowest BCUT2D eigenvalue weighted by atomic mass is 10.1. The van der Waals surface area contributed by atoms with Crippen molar-refractivity contribution in [2.75, 3.05) is 7.11 Å². The van der Waals surface area contributed by atoms with Gasteiger partial charge in [-0.3, -0.25) is 0 Å². The largest absolute Gasteiger partial charge is 0.465 e. The van der Waals surface area contributed by atoms with Gasteiger partial charge in [0.2, 0.25) is 5.88 Å². The van der Waals surface area contributed by atoms with E-state index in [1.54, 1.807) is 24.3 Å². The van der Waals surface area contributed by atoms with Crippen LogP contribution in [0.3, 0.4) is 0 Å². The smallest absolute Gasteiger partial charge is 0.337 e. The Morgan fingerprint density at radius 3 is 2.15 bits per heavy atom. The SMILES string of the molecule is COC(=O)c1ccc(Oc2nnc(-c3ccccc3)c3ccccc23)cc1. The molecule has 0 aliphatic heterocycles. The number of hydrogen-bond donors (Lipinski definition) is 0. The molecule has 0 saturated heterocycles. The van der Waals surface area contributed by atoms with Crippen LogP contribution in [0.1, 0.15) is 10.4 Å². The minimum absolute atomic E-state index is 0.390. The van der Waals surface area contributed by atoms with Gasteiger partial charge in [0.05, 0.1) is 12.7 Å². The van der Waals surface area contributed by atoms with Crippen LogP contribution in [0.2, 0.25) is 0 Å². The molecule has 132 valence electrons. The van der Waals surface area contributed by atoms with Crippen LogP contribution in [0.4, 0.5) is 0 Å². The number of benzene rings is 3. The lowest BCUT2D eigenvalue weighted by molar-refractivity contribution is 0.0600. The molecule has 0 unspecified atom stereocenters.